The Morgan fingerprint density at radius 1 is 1.47 bits per heavy atom. The lowest BCUT2D eigenvalue weighted by molar-refractivity contribution is 0.0672. The molecule has 0 bridgehead atoms. The Morgan fingerprint density at radius 3 is 2.84 bits per heavy atom. The summed E-state index contributed by atoms with van der Waals surface area (Å²) < 4.78 is 5.27. The number of ether oxygens (including phenoxy) is 1. The summed E-state index contributed by atoms with van der Waals surface area (Å²) in [5.41, 5.74) is 7.75. The van der Waals surface area contributed by atoms with Crippen LogP contribution in [0, 0.1) is 12.8 Å². The summed E-state index contributed by atoms with van der Waals surface area (Å²) in [5, 5.41) is 0. The second kappa shape index (κ2) is 5.61. The maximum absolute atomic E-state index is 12.4. The van der Waals surface area contributed by atoms with Crippen LogP contribution in [0.15, 0.2) is 18.2 Å². The molecule has 19 heavy (non-hydrogen) atoms. The third-order valence-corrected chi connectivity index (χ3v) is 3.96. The van der Waals surface area contributed by atoms with Crippen LogP contribution in [0.5, 0.6) is 5.75 Å². The van der Waals surface area contributed by atoms with Crippen molar-refractivity contribution in [1.82, 2.24) is 4.90 Å². The van der Waals surface area contributed by atoms with Gasteiger partial charge in [-0.3, -0.25) is 4.79 Å². The zero-order valence-corrected chi connectivity index (χ0v) is 11.8. The van der Waals surface area contributed by atoms with Gasteiger partial charge in [-0.2, -0.15) is 0 Å². The van der Waals surface area contributed by atoms with Gasteiger partial charge >= 0.3 is 0 Å². The van der Waals surface area contributed by atoms with E-state index in [-0.39, 0.29) is 11.9 Å². The van der Waals surface area contributed by atoms with Crippen LogP contribution in [-0.4, -0.2) is 37.0 Å². The summed E-state index contributed by atoms with van der Waals surface area (Å²) in [7, 11) is 1.62. The summed E-state index contributed by atoms with van der Waals surface area (Å²) in [6.45, 7) is 5.52. The largest absolute Gasteiger partial charge is 0.496 e. The number of carbonyl (C=O) groups excluding carboxylic acids is 1. The van der Waals surface area contributed by atoms with Crippen LogP contribution in [0.25, 0.3) is 0 Å². The Morgan fingerprint density at radius 2 is 2.21 bits per heavy atom. The predicted octanol–water partition coefficient (Wildman–Crippen LogP) is 1.81. The number of methoxy groups -OCH3 is 1. The summed E-state index contributed by atoms with van der Waals surface area (Å²) in [6, 6.07) is 5.65. The van der Waals surface area contributed by atoms with Crippen LogP contribution in [0.1, 0.15) is 29.3 Å². The van der Waals surface area contributed by atoms with E-state index >= 15 is 0 Å². The number of carbonyl (C=O) groups is 1. The molecular formula is C15H22N2O2. The highest BCUT2D eigenvalue weighted by Crippen LogP contribution is 2.22. The van der Waals surface area contributed by atoms with E-state index in [2.05, 4.69) is 6.92 Å². The van der Waals surface area contributed by atoms with Crippen molar-refractivity contribution in [3.63, 3.8) is 0 Å². The fourth-order valence-corrected chi connectivity index (χ4v) is 2.42. The third-order valence-electron chi connectivity index (χ3n) is 3.96. The monoisotopic (exact) mass is 262 g/mol. The lowest BCUT2D eigenvalue weighted by Crippen LogP contribution is -2.49. The molecule has 1 fully saturated rings. The minimum absolute atomic E-state index is 0.0423. The first-order valence-corrected chi connectivity index (χ1v) is 6.72. The zero-order valence-electron chi connectivity index (χ0n) is 11.8. The highest BCUT2D eigenvalue weighted by atomic mass is 16.5. The van der Waals surface area contributed by atoms with Crippen molar-refractivity contribution in [3.8, 4) is 5.75 Å². The van der Waals surface area contributed by atoms with Gasteiger partial charge in [-0.05, 0) is 37.0 Å². The first kappa shape index (κ1) is 13.9. The van der Waals surface area contributed by atoms with Crippen molar-refractivity contribution in [2.75, 3.05) is 20.2 Å². The molecule has 2 unspecified atom stereocenters. The third kappa shape index (κ3) is 2.89. The topological polar surface area (TPSA) is 55.6 Å². The van der Waals surface area contributed by atoms with Crippen molar-refractivity contribution in [2.24, 2.45) is 11.7 Å². The highest BCUT2D eigenvalue weighted by Gasteiger charge is 2.27. The van der Waals surface area contributed by atoms with Crippen molar-refractivity contribution in [2.45, 2.75) is 26.3 Å². The Bertz CT molecular complexity index is 473. The van der Waals surface area contributed by atoms with E-state index in [1.165, 1.54) is 0 Å². The molecule has 1 aromatic rings. The fourth-order valence-electron chi connectivity index (χ4n) is 2.42. The van der Waals surface area contributed by atoms with Gasteiger partial charge in [0.15, 0.2) is 0 Å². The van der Waals surface area contributed by atoms with Gasteiger partial charge in [-0.1, -0.05) is 13.0 Å². The normalized spacial score (nSPS) is 23.3. The summed E-state index contributed by atoms with van der Waals surface area (Å²) >= 11 is 0. The molecule has 1 saturated heterocycles. The molecule has 2 atom stereocenters. The van der Waals surface area contributed by atoms with Gasteiger partial charge in [0.25, 0.3) is 5.91 Å². The van der Waals surface area contributed by atoms with E-state index in [9.17, 15) is 4.79 Å². The fraction of sp³-hybridized carbons (Fsp3) is 0.533. The molecule has 1 heterocycles. The van der Waals surface area contributed by atoms with E-state index in [1.807, 2.05) is 24.0 Å². The Balaban J connectivity index is 2.15. The van der Waals surface area contributed by atoms with Crippen LogP contribution in [0.2, 0.25) is 0 Å². The van der Waals surface area contributed by atoms with Crippen molar-refractivity contribution >= 4 is 5.91 Å². The van der Waals surface area contributed by atoms with Crippen molar-refractivity contribution < 1.29 is 9.53 Å². The Hall–Kier alpha value is -1.55. The van der Waals surface area contributed by atoms with E-state index in [0.29, 0.717) is 18.0 Å². The van der Waals surface area contributed by atoms with Crippen LogP contribution in [-0.2, 0) is 0 Å². The molecule has 0 saturated carbocycles. The molecule has 104 valence electrons. The number of amides is 1. The van der Waals surface area contributed by atoms with Crippen molar-refractivity contribution in [3.05, 3.63) is 29.3 Å². The molecule has 0 aromatic heterocycles. The summed E-state index contributed by atoms with van der Waals surface area (Å²) in [5.74, 6) is 1.28. The predicted molar refractivity (Wildman–Crippen MR) is 75.4 cm³/mol. The lowest BCUT2D eigenvalue weighted by atomic mass is 9.94. The first-order valence-electron chi connectivity index (χ1n) is 6.72. The number of nitrogens with zero attached hydrogens (tertiary/aromatic N) is 1. The maximum Gasteiger partial charge on any atom is 0.254 e. The Labute approximate surface area is 114 Å². The maximum atomic E-state index is 12.4. The molecule has 1 aliphatic rings. The molecule has 2 rings (SSSR count). The second-order valence-corrected chi connectivity index (χ2v) is 5.37. The second-order valence-electron chi connectivity index (χ2n) is 5.37. The molecule has 0 aliphatic carbocycles. The number of nitrogens with two attached hydrogens (primary N) is 1. The number of hydrogen-bond donors (Lipinski definition) is 1. The average Bonchev–Trinajstić information content (AvgIpc) is 2.41. The molecule has 2 N–H and O–H groups in total. The number of benzene rings is 1. The van der Waals surface area contributed by atoms with E-state index in [4.69, 9.17) is 10.5 Å². The van der Waals surface area contributed by atoms with Crippen LogP contribution >= 0.6 is 0 Å². The van der Waals surface area contributed by atoms with Gasteiger partial charge < -0.3 is 15.4 Å². The van der Waals surface area contributed by atoms with Gasteiger partial charge in [-0.15, -0.1) is 0 Å². The summed E-state index contributed by atoms with van der Waals surface area (Å²) in [6.07, 6.45) is 0.968. The quantitative estimate of drug-likeness (QED) is 0.884. The van der Waals surface area contributed by atoms with Crippen LogP contribution in [0.4, 0.5) is 0 Å². The van der Waals surface area contributed by atoms with Gasteiger partial charge in [0.2, 0.25) is 0 Å². The molecule has 0 radical (unpaired) electrons. The first-order chi connectivity index (χ1) is 9.02. The Kier molecular flexibility index (Phi) is 4.10. The van der Waals surface area contributed by atoms with Crippen LogP contribution < -0.4 is 10.5 Å². The van der Waals surface area contributed by atoms with Gasteiger partial charge in [0.1, 0.15) is 5.75 Å². The zero-order chi connectivity index (χ0) is 14.0. The lowest BCUT2D eigenvalue weighted by Gasteiger charge is -2.35. The molecule has 1 amide bonds. The number of piperidine rings is 1. The van der Waals surface area contributed by atoms with Crippen LogP contribution in [0.3, 0.4) is 0 Å². The number of rotatable bonds is 2. The minimum Gasteiger partial charge on any atom is -0.496 e. The van der Waals surface area contributed by atoms with Gasteiger partial charge in [-0.25, -0.2) is 0 Å². The van der Waals surface area contributed by atoms with E-state index in [0.717, 1.165) is 24.3 Å². The number of aryl methyl sites for hydroxylation is 1. The smallest absolute Gasteiger partial charge is 0.254 e. The highest BCUT2D eigenvalue weighted by molar-refractivity contribution is 5.94. The average molecular weight is 262 g/mol. The molecule has 1 aromatic carbocycles. The van der Waals surface area contributed by atoms with Gasteiger partial charge in [0, 0.05) is 24.7 Å². The molecular weight excluding hydrogens is 240 g/mol. The molecule has 0 spiro atoms. The van der Waals surface area contributed by atoms with Gasteiger partial charge in [0.05, 0.1) is 7.11 Å². The molecule has 4 heteroatoms. The number of hydrogen-bond acceptors (Lipinski definition) is 3. The number of likely N-dealkylation sites (tertiary alicyclic amines) is 1. The standard InChI is InChI=1S/C15H22N2O2/c1-10-6-7-17(9-13(10)16)15(18)12-5-4-11(2)14(8-12)19-3/h4-5,8,10,13H,6-7,9,16H2,1-3H3. The summed E-state index contributed by atoms with van der Waals surface area (Å²) in [4.78, 5) is 14.3. The molecule has 4 nitrogen and oxygen atoms in total. The van der Waals surface area contributed by atoms with E-state index in [1.54, 1.807) is 13.2 Å². The van der Waals surface area contributed by atoms with Crippen molar-refractivity contribution in [1.29, 1.82) is 0 Å². The van der Waals surface area contributed by atoms with E-state index < -0.39 is 0 Å². The minimum atomic E-state index is 0.0423. The molecule has 1 aliphatic heterocycles. The SMILES string of the molecule is COc1cc(C(=O)N2CCC(C)C(N)C2)ccc1C.